The van der Waals surface area contributed by atoms with E-state index in [9.17, 15) is 0 Å². The Morgan fingerprint density at radius 3 is 2.14 bits per heavy atom. The van der Waals surface area contributed by atoms with Crippen LogP contribution in [0.2, 0.25) is 0 Å². The van der Waals surface area contributed by atoms with E-state index in [2.05, 4.69) is 84.1 Å². The van der Waals surface area contributed by atoms with Crippen molar-refractivity contribution in [1.29, 1.82) is 0 Å². The zero-order valence-electron chi connectivity index (χ0n) is 12.4. The number of para-hydroxylation sites is 3. The molecular formula is C21H15N. The number of benzene rings is 3. The van der Waals surface area contributed by atoms with E-state index in [1.807, 2.05) is 0 Å². The highest BCUT2D eigenvalue weighted by atomic mass is 14.9. The summed E-state index contributed by atoms with van der Waals surface area (Å²) in [5.41, 5.74) is 5.23. The van der Waals surface area contributed by atoms with E-state index < -0.39 is 0 Å². The minimum atomic E-state index is 1.28. The Kier molecular flexibility index (Phi) is 2.21. The monoisotopic (exact) mass is 281 g/mol. The Balaban J connectivity index is 2.23. The van der Waals surface area contributed by atoms with Crippen LogP contribution in [0.4, 0.5) is 0 Å². The molecule has 0 saturated heterocycles. The third-order valence-electron chi connectivity index (χ3n) is 4.62. The smallest absolute Gasteiger partial charge is 0.0620 e. The summed E-state index contributed by atoms with van der Waals surface area (Å²) < 4.78 is 2.44. The van der Waals surface area contributed by atoms with Gasteiger partial charge in [-0.15, -0.1) is 0 Å². The predicted octanol–water partition coefficient (Wildman–Crippen LogP) is 5.87. The topological polar surface area (TPSA) is 4.41 Å². The van der Waals surface area contributed by atoms with Gasteiger partial charge in [0, 0.05) is 21.5 Å². The van der Waals surface area contributed by atoms with E-state index in [1.165, 1.54) is 43.7 Å². The normalized spacial score (nSPS) is 12.6. The first-order chi connectivity index (χ1) is 10.9. The quantitative estimate of drug-likeness (QED) is 0.362. The molecule has 0 N–H and O–H groups in total. The molecule has 0 radical (unpaired) electrons. The fraction of sp³-hybridized carbons (Fsp3) is 0.0476. The Morgan fingerprint density at radius 2 is 1.32 bits per heavy atom. The second-order valence-corrected chi connectivity index (χ2v) is 5.80. The molecule has 0 atom stereocenters. The van der Waals surface area contributed by atoms with Gasteiger partial charge in [0.2, 0.25) is 0 Å². The van der Waals surface area contributed by atoms with Gasteiger partial charge in [-0.1, -0.05) is 66.7 Å². The van der Waals surface area contributed by atoms with Crippen LogP contribution in [0, 0.1) is 0 Å². The number of fused-ring (bicyclic) bond motifs is 6. The first kappa shape index (κ1) is 11.8. The summed E-state index contributed by atoms with van der Waals surface area (Å²) in [5, 5.41) is 5.35. The average Bonchev–Trinajstić information content (AvgIpc) is 3.07. The molecule has 0 amide bonds. The lowest BCUT2D eigenvalue weighted by atomic mass is 10.1. The maximum Gasteiger partial charge on any atom is 0.0620 e. The molecule has 0 spiro atoms. The summed E-state index contributed by atoms with van der Waals surface area (Å²) in [4.78, 5) is 0. The van der Waals surface area contributed by atoms with Gasteiger partial charge in [0.1, 0.15) is 0 Å². The van der Waals surface area contributed by atoms with Crippen molar-refractivity contribution in [2.75, 3.05) is 0 Å². The first-order valence-electron chi connectivity index (χ1n) is 7.69. The van der Waals surface area contributed by atoms with Crippen LogP contribution in [0.1, 0.15) is 12.5 Å². The number of rotatable bonds is 1. The predicted molar refractivity (Wildman–Crippen MR) is 95.8 cm³/mol. The molecule has 1 nitrogen and oxygen atoms in total. The molecule has 5 aromatic rings. The molecule has 5 rings (SSSR count). The molecular weight excluding hydrogens is 266 g/mol. The largest absolute Gasteiger partial charge is 0.307 e. The van der Waals surface area contributed by atoms with Crippen LogP contribution in [0.25, 0.3) is 44.2 Å². The van der Waals surface area contributed by atoms with Crippen LogP contribution in [0.15, 0.2) is 66.7 Å². The Labute approximate surface area is 128 Å². The van der Waals surface area contributed by atoms with Gasteiger partial charge in [0.15, 0.2) is 0 Å². The molecule has 1 heteroatoms. The van der Waals surface area contributed by atoms with Crippen molar-refractivity contribution in [2.45, 2.75) is 6.92 Å². The summed E-state index contributed by atoms with van der Waals surface area (Å²) in [5.74, 6) is 0. The first-order valence-corrected chi connectivity index (χ1v) is 7.69. The van der Waals surface area contributed by atoms with E-state index in [1.54, 1.807) is 0 Å². The van der Waals surface area contributed by atoms with E-state index >= 15 is 0 Å². The lowest BCUT2D eigenvalue weighted by molar-refractivity contribution is 1.36. The van der Waals surface area contributed by atoms with Crippen molar-refractivity contribution in [3.05, 3.63) is 72.3 Å². The second kappa shape index (κ2) is 4.11. The van der Waals surface area contributed by atoms with E-state index in [0.717, 1.165) is 0 Å². The summed E-state index contributed by atoms with van der Waals surface area (Å²) in [7, 11) is 0. The SMILES string of the molecule is C/C=C\c1cccc2c3cccc4c5ccccc5n(c12)c43. The number of allylic oxidation sites excluding steroid dienone is 1. The molecule has 104 valence electrons. The number of aromatic nitrogens is 1. The van der Waals surface area contributed by atoms with Gasteiger partial charge in [0.25, 0.3) is 0 Å². The Hall–Kier alpha value is -2.80. The Bertz CT molecular complexity index is 1170. The molecule has 22 heavy (non-hydrogen) atoms. The van der Waals surface area contributed by atoms with Crippen molar-refractivity contribution in [2.24, 2.45) is 0 Å². The van der Waals surface area contributed by atoms with Gasteiger partial charge >= 0.3 is 0 Å². The van der Waals surface area contributed by atoms with Crippen LogP contribution in [-0.2, 0) is 0 Å². The zero-order valence-corrected chi connectivity index (χ0v) is 12.4. The van der Waals surface area contributed by atoms with Crippen molar-refractivity contribution in [3.63, 3.8) is 0 Å². The van der Waals surface area contributed by atoms with E-state index in [4.69, 9.17) is 0 Å². The second-order valence-electron chi connectivity index (χ2n) is 5.80. The third-order valence-corrected chi connectivity index (χ3v) is 4.62. The fourth-order valence-corrected chi connectivity index (χ4v) is 3.81. The van der Waals surface area contributed by atoms with Crippen LogP contribution in [-0.4, -0.2) is 4.40 Å². The molecule has 2 heterocycles. The van der Waals surface area contributed by atoms with Crippen LogP contribution in [0.3, 0.4) is 0 Å². The minimum absolute atomic E-state index is 1.28. The summed E-state index contributed by atoms with van der Waals surface area (Å²) in [6, 6.07) is 21.9. The van der Waals surface area contributed by atoms with Crippen LogP contribution < -0.4 is 0 Å². The van der Waals surface area contributed by atoms with Gasteiger partial charge in [-0.05, 0) is 18.6 Å². The van der Waals surface area contributed by atoms with Gasteiger partial charge < -0.3 is 4.40 Å². The summed E-state index contributed by atoms with van der Waals surface area (Å²) in [6.45, 7) is 2.07. The molecule has 0 aliphatic rings. The van der Waals surface area contributed by atoms with Crippen LogP contribution in [0.5, 0.6) is 0 Å². The van der Waals surface area contributed by atoms with Gasteiger partial charge in [-0.25, -0.2) is 0 Å². The maximum absolute atomic E-state index is 2.44. The summed E-state index contributed by atoms with van der Waals surface area (Å²) >= 11 is 0. The van der Waals surface area contributed by atoms with Gasteiger partial charge in [-0.2, -0.15) is 0 Å². The lowest BCUT2D eigenvalue weighted by Crippen LogP contribution is -1.83. The Morgan fingerprint density at radius 1 is 0.682 bits per heavy atom. The average molecular weight is 281 g/mol. The third kappa shape index (κ3) is 1.29. The van der Waals surface area contributed by atoms with E-state index in [0.29, 0.717) is 0 Å². The molecule has 0 saturated carbocycles. The number of hydrogen-bond acceptors (Lipinski definition) is 0. The zero-order chi connectivity index (χ0) is 14.7. The van der Waals surface area contributed by atoms with Crippen molar-refractivity contribution in [3.8, 4) is 0 Å². The highest BCUT2D eigenvalue weighted by molar-refractivity contribution is 6.24. The minimum Gasteiger partial charge on any atom is -0.307 e. The number of nitrogens with zero attached hydrogens (tertiary/aromatic N) is 1. The highest BCUT2D eigenvalue weighted by Gasteiger charge is 2.17. The van der Waals surface area contributed by atoms with E-state index in [-0.39, 0.29) is 0 Å². The van der Waals surface area contributed by atoms with Crippen LogP contribution >= 0.6 is 0 Å². The maximum atomic E-state index is 2.44. The highest BCUT2D eigenvalue weighted by Crippen LogP contribution is 2.39. The molecule has 0 aliphatic heterocycles. The van der Waals surface area contributed by atoms with Gasteiger partial charge in [-0.3, -0.25) is 0 Å². The molecule has 0 bridgehead atoms. The van der Waals surface area contributed by atoms with Crippen molar-refractivity contribution in [1.82, 2.24) is 4.40 Å². The standard InChI is InChI=1S/C21H15N/c1-2-7-14-8-5-10-17-18-12-6-11-16-15-9-3-4-13-19(15)22(20(14)17)21(16)18/h2-13H,1H3/b7-2-. The molecule has 3 aromatic carbocycles. The van der Waals surface area contributed by atoms with Crippen molar-refractivity contribution < 1.29 is 0 Å². The summed E-state index contributed by atoms with van der Waals surface area (Å²) in [6.07, 6.45) is 4.31. The fourth-order valence-electron chi connectivity index (χ4n) is 3.81. The molecule has 2 aromatic heterocycles. The molecule has 0 aliphatic carbocycles. The van der Waals surface area contributed by atoms with Crippen molar-refractivity contribution >= 4 is 44.2 Å². The molecule has 0 unspecified atom stereocenters. The lowest BCUT2D eigenvalue weighted by Gasteiger charge is -2.01. The number of hydrogen-bond donors (Lipinski definition) is 0. The van der Waals surface area contributed by atoms with Gasteiger partial charge in [0.05, 0.1) is 16.6 Å². The molecule has 0 fully saturated rings.